The van der Waals surface area contributed by atoms with E-state index in [1.165, 1.54) is 27.9 Å². The highest BCUT2D eigenvalue weighted by Gasteiger charge is 2.18. The van der Waals surface area contributed by atoms with Crippen LogP contribution in [0.3, 0.4) is 0 Å². The summed E-state index contributed by atoms with van der Waals surface area (Å²) in [5, 5.41) is 14.1. The van der Waals surface area contributed by atoms with Gasteiger partial charge in [-0.15, -0.1) is 5.10 Å². The fourth-order valence-electron chi connectivity index (χ4n) is 3.28. The van der Waals surface area contributed by atoms with Gasteiger partial charge < -0.3 is 15.4 Å². The van der Waals surface area contributed by atoms with Gasteiger partial charge in [-0.05, 0) is 47.9 Å². The molecule has 1 amide bonds. The van der Waals surface area contributed by atoms with Crippen molar-refractivity contribution in [3.63, 3.8) is 0 Å². The average Bonchev–Trinajstić information content (AvgIpc) is 3.32. The van der Waals surface area contributed by atoms with Crippen molar-refractivity contribution in [1.29, 1.82) is 0 Å². The molecule has 2 N–H and O–H groups in total. The maximum Gasteiger partial charge on any atom is 0.387 e. The maximum absolute atomic E-state index is 12.5. The molecule has 0 bridgehead atoms. The number of ether oxygens (including phenoxy) is 1. The smallest absolute Gasteiger partial charge is 0.387 e. The number of carbonyl (C=O) groups is 1. The fraction of sp³-hybridized carbons (Fsp3) is 0.250. The Hall–Kier alpha value is -3.33. The number of carbonyl (C=O) groups excluding carboxylic acids is 1. The summed E-state index contributed by atoms with van der Waals surface area (Å²) in [6.45, 7) is 0.939. The minimum absolute atomic E-state index is 0.0454. The molecule has 4 rings (SSSR count). The molecule has 0 saturated carbocycles. The molecule has 29 heavy (non-hydrogen) atoms. The molecule has 0 aliphatic carbocycles. The second-order valence-electron chi connectivity index (χ2n) is 6.70. The molecule has 1 aliphatic rings. The first-order valence-electron chi connectivity index (χ1n) is 9.08. The van der Waals surface area contributed by atoms with E-state index >= 15 is 0 Å². The first kappa shape index (κ1) is 19.0. The zero-order valence-electron chi connectivity index (χ0n) is 15.7. The fourth-order valence-corrected chi connectivity index (χ4v) is 3.28. The van der Waals surface area contributed by atoms with Crippen molar-refractivity contribution in [3.05, 3.63) is 70.5 Å². The minimum atomic E-state index is -2.88. The van der Waals surface area contributed by atoms with Gasteiger partial charge in [-0.3, -0.25) is 4.79 Å². The van der Waals surface area contributed by atoms with Gasteiger partial charge in [0, 0.05) is 19.6 Å². The summed E-state index contributed by atoms with van der Waals surface area (Å²) >= 11 is 0. The number of fused-ring (bicyclic) bond motifs is 1. The molecule has 0 radical (unpaired) electrons. The predicted molar refractivity (Wildman–Crippen MR) is 101 cm³/mol. The molecule has 0 atom stereocenters. The zero-order valence-corrected chi connectivity index (χ0v) is 15.7. The van der Waals surface area contributed by atoms with Crippen molar-refractivity contribution >= 4 is 5.91 Å². The van der Waals surface area contributed by atoms with Crippen LogP contribution in [0.1, 0.15) is 32.9 Å². The van der Waals surface area contributed by atoms with Crippen LogP contribution in [0.2, 0.25) is 0 Å². The van der Waals surface area contributed by atoms with Crippen LogP contribution < -0.4 is 15.4 Å². The van der Waals surface area contributed by atoms with E-state index in [-0.39, 0.29) is 17.4 Å². The van der Waals surface area contributed by atoms with Crippen LogP contribution in [0.25, 0.3) is 5.69 Å². The van der Waals surface area contributed by atoms with E-state index in [2.05, 4.69) is 37.8 Å². The Kier molecular flexibility index (Phi) is 5.22. The summed E-state index contributed by atoms with van der Waals surface area (Å²) < 4.78 is 30.3. The molecule has 0 unspecified atom stereocenters. The summed E-state index contributed by atoms with van der Waals surface area (Å²) in [5.74, 6) is -0.283. The zero-order chi connectivity index (χ0) is 20.4. The molecule has 7 nitrogen and oxygen atoms in total. The van der Waals surface area contributed by atoms with Crippen LogP contribution >= 0.6 is 0 Å². The highest BCUT2D eigenvalue weighted by atomic mass is 19.3. The number of amides is 1. The van der Waals surface area contributed by atoms with Crippen LogP contribution in [0.5, 0.6) is 5.75 Å². The topological polar surface area (TPSA) is 81.1 Å². The number of hydrogen-bond acceptors (Lipinski definition) is 5. The highest BCUT2D eigenvalue weighted by Crippen LogP contribution is 2.19. The Morgan fingerprint density at radius 3 is 2.72 bits per heavy atom. The molecule has 2 aromatic carbocycles. The molecule has 2 heterocycles. The Bertz CT molecular complexity index is 1030. The second kappa shape index (κ2) is 7.96. The van der Waals surface area contributed by atoms with Crippen LogP contribution in [-0.4, -0.2) is 27.5 Å². The number of alkyl halides is 2. The van der Waals surface area contributed by atoms with E-state index in [9.17, 15) is 13.6 Å². The lowest BCUT2D eigenvalue weighted by Gasteiger charge is -2.08. The number of aromatic nitrogens is 3. The third kappa shape index (κ3) is 4.09. The third-order valence-electron chi connectivity index (χ3n) is 4.77. The lowest BCUT2D eigenvalue weighted by molar-refractivity contribution is -0.0498. The van der Waals surface area contributed by atoms with E-state index in [0.29, 0.717) is 17.9 Å². The molecule has 0 saturated heterocycles. The van der Waals surface area contributed by atoms with Gasteiger partial charge in [0.05, 0.1) is 11.4 Å². The van der Waals surface area contributed by atoms with Gasteiger partial charge in [0.15, 0.2) is 5.69 Å². The van der Waals surface area contributed by atoms with Crippen LogP contribution in [0.15, 0.2) is 42.5 Å². The Morgan fingerprint density at radius 1 is 1.21 bits per heavy atom. The van der Waals surface area contributed by atoms with Crippen LogP contribution in [-0.2, 0) is 19.6 Å². The Morgan fingerprint density at radius 2 is 1.97 bits per heavy atom. The van der Waals surface area contributed by atoms with E-state index in [0.717, 1.165) is 18.7 Å². The van der Waals surface area contributed by atoms with E-state index < -0.39 is 6.61 Å². The molecule has 1 aliphatic heterocycles. The SMILES string of the molecule is Cc1c(C(=O)NCc2ccc3c(c2)CNC3)nnn1-c1ccc(OC(F)F)cc1. The second-order valence-corrected chi connectivity index (χ2v) is 6.70. The molecule has 1 aromatic heterocycles. The Labute approximate surface area is 165 Å². The van der Waals surface area contributed by atoms with Crippen molar-refractivity contribution in [1.82, 2.24) is 25.6 Å². The van der Waals surface area contributed by atoms with Gasteiger partial charge in [0.1, 0.15) is 5.75 Å². The van der Waals surface area contributed by atoms with E-state index in [1.807, 2.05) is 6.07 Å². The third-order valence-corrected chi connectivity index (χ3v) is 4.77. The number of rotatable bonds is 6. The molecule has 3 aromatic rings. The summed E-state index contributed by atoms with van der Waals surface area (Å²) in [7, 11) is 0. The van der Waals surface area contributed by atoms with Crippen LogP contribution in [0, 0.1) is 6.92 Å². The molecule has 0 spiro atoms. The van der Waals surface area contributed by atoms with Gasteiger partial charge in [0.2, 0.25) is 0 Å². The summed E-state index contributed by atoms with van der Waals surface area (Å²) in [4.78, 5) is 12.5. The van der Waals surface area contributed by atoms with E-state index in [1.54, 1.807) is 19.1 Å². The number of hydrogen-bond donors (Lipinski definition) is 2. The van der Waals surface area contributed by atoms with Crippen molar-refractivity contribution in [2.45, 2.75) is 33.2 Å². The average molecular weight is 399 g/mol. The normalized spacial score (nSPS) is 12.8. The first-order chi connectivity index (χ1) is 14.0. The highest BCUT2D eigenvalue weighted by molar-refractivity contribution is 5.93. The van der Waals surface area contributed by atoms with Gasteiger partial charge in [-0.2, -0.15) is 8.78 Å². The molecule has 0 fully saturated rings. The summed E-state index contributed by atoms with van der Waals surface area (Å²) in [6, 6.07) is 12.1. The van der Waals surface area contributed by atoms with Gasteiger partial charge >= 0.3 is 6.61 Å². The molecular weight excluding hydrogens is 380 g/mol. The van der Waals surface area contributed by atoms with Crippen molar-refractivity contribution in [2.75, 3.05) is 0 Å². The van der Waals surface area contributed by atoms with Crippen LogP contribution in [0.4, 0.5) is 8.78 Å². The molecular formula is C20H19F2N5O2. The number of nitrogens with one attached hydrogen (secondary N) is 2. The monoisotopic (exact) mass is 399 g/mol. The van der Waals surface area contributed by atoms with Crippen molar-refractivity contribution in [3.8, 4) is 11.4 Å². The predicted octanol–water partition coefficient (Wildman–Crippen LogP) is 2.71. The lowest BCUT2D eigenvalue weighted by atomic mass is 10.1. The van der Waals surface area contributed by atoms with Gasteiger partial charge in [0.25, 0.3) is 5.91 Å². The van der Waals surface area contributed by atoms with Crippen molar-refractivity contribution < 1.29 is 18.3 Å². The standard InChI is InChI=1S/C20H19F2N5O2/c1-12-18(19(28)24-9-13-2-3-14-10-23-11-15(14)8-13)25-26-27(12)16-4-6-17(7-5-16)29-20(21)22/h2-8,20,23H,9-11H2,1H3,(H,24,28). The quantitative estimate of drug-likeness (QED) is 0.666. The van der Waals surface area contributed by atoms with Gasteiger partial charge in [-0.1, -0.05) is 23.4 Å². The lowest BCUT2D eigenvalue weighted by Crippen LogP contribution is -2.24. The van der Waals surface area contributed by atoms with E-state index in [4.69, 9.17) is 0 Å². The summed E-state index contributed by atoms with van der Waals surface area (Å²) in [6.07, 6.45) is 0. The first-order valence-corrected chi connectivity index (χ1v) is 9.08. The number of benzene rings is 2. The number of nitrogens with zero attached hydrogens (tertiary/aromatic N) is 3. The molecule has 9 heteroatoms. The Balaban J connectivity index is 1.44. The maximum atomic E-state index is 12.5. The summed E-state index contributed by atoms with van der Waals surface area (Å²) in [5.41, 5.74) is 4.88. The largest absolute Gasteiger partial charge is 0.435 e. The minimum Gasteiger partial charge on any atom is -0.435 e. The molecule has 150 valence electrons. The van der Waals surface area contributed by atoms with Crippen molar-refractivity contribution in [2.24, 2.45) is 0 Å². The number of halogens is 2. The van der Waals surface area contributed by atoms with Gasteiger partial charge in [-0.25, -0.2) is 4.68 Å².